The summed E-state index contributed by atoms with van der Waals surface area (Å²) in [5.41, 5.74) is 2.87. The van der Waals surface area contributed by atoms with Gasteiger partial charge in [0.15, 0.2) is 5.75 Å². The van der Waals surface area contributed by atoms with Gasteiger partial charge in [-0.3, -0.25) is 14.4 Å². The third-order valence-corrected chi connectivity index (χ3v) is 6.87. The number of amides is 3. The van der Waals surface area contributed by atoms with Crippen molar-refractivity contribution in [3.8, 4) is 5.75 Å². The van der Waals surface area contributed by atoms with E-state index in [4.69, 9.17) is 27.9 Å². The van der Waals surface area contributed by atoms with Gasteiger partial charge in [-0.1, -0.05) is 81.2 Å². The lowest BCUT2D eigenvalue weighted by Crippen LogP contribution is -2.33. The number of anilines is 1. The van der Waals surface area contributed by atoms with Crippen molar-refractivity contribution in [1.29, 1.82) is 0 Å². The van der Waals surface area contributed by atoms with Crippen molar-refractivity contribution in [2.24, 2.45) is 0 Å². The fourth-order valence-corrected chi connectivity index (χ4v) is 4.99. The molecule has 0 fully saturated rings. The highest BCUT2D eigenvalue weighted by atomic mass is 35.5. The summed E-state index contributed by atoms with van der Waals surface area (Å²) >= 11 is 12.2. The van der Waals surface area contributed by atoms with E-state index in [1.807, 2.05) is 45.9 Å². The van der Waals surface area contributed by atoms with E-state index in [0.717, 1.165) is 11.1 Å². The highest BCUT2D eigenvalue weighted by Crippen LogP contribution is 2.40. The first kappa shape index (κ1) is 26.7. The first-order valence-corrected chi connectivity index (χ1v) is 12.9. The van der Waals surface area contributed by atoms with Gasteiger partial charge in [0.25, 0.3) is 17.7 Å². The number of para-hydroxylation sites is 2. The Morgan fingerprint density at radius 3 is 2.03 bits per heavy atom. The highest BCUT2D eigenvalue weighted by molar-refractivity contribution is 6.37. The second kappa shape index (κ2) is 11.0. The van der Waals surface area contributed by atoms with Gasteiger partial charge >= 0.3 is 0 Å². The quantitative estimate of drug-likeness (QED) is 0.251. The summed E-state index contributed by atoms with van der Waals surface area (Å²) in [5, 5.41) is 3.49. The maximum atomic E-state index is 13.7. The lowest BCUT2D eigenvalue weighted by Gasteiger charge is -2.25. The molecule has 6 nitrogen and oxygen atoms in total. The summed E-state index contributed by atoms with van der Waals surface area (Å²) in [4.78, 5) is 41.6. The Hall–Kier alpha value is -3.35. The summed E-state index contributed by atoms with van der Waals surface area (Å²) in [6, 6.07) is 15.6. The smallest absolute Gasteiger partial charge is 0.266 e. The van der Waals surface area contributed by atoms with Gasteiger partial charge in [-0.25, -0.2) is 4.90 Å². The van der Waals surface area contributed by atoms with Crippen LogP contribution in [0.25, 0.3) is 0 Å². The van der Waals surface area contributed by atoms with Crippen molar-refractivity contribution in [1.82, 2.24) is 5.32 Å². The Morgan fingerprint density at radius 2 is 1.43 bits per heavy atom. The molecule has 3 aromatic carbocycles. The number of carbonyl (C=O) groups is 3. The predicted octanol–water partition coefficient (Wildman–Crippen LogP) is 6.85. The van der Waals surface area contributed by atoms with E-state index in [1.54, 1.807) is 36.4 Å². The van der Waals surface area contributed by atoms with Crippen molar-refractivity contribution < 1.29 is 19.1 Å². The molecule has 0 unspecified atom stereocenters. The van der Waals surface area contributed by atoms with E-state index in [9.17, 15) is 14.4 Å². The van der Waals surface area contributed by atoms with Crippen molar-refractivity contribution >= 4 is 46.6 Å². The standard InChI is InChI=1S/C29H28Cl2N2O4/c1-16(2)18-8-5-9-19(17(3)4)25(18)33-28(35)21-11-6-10-20(24(21)29(33)36)27(34)32-14-15-37-26-22(30)12-7-13-23(26)31/h5-13,16-17H,14-15H2,1-4H3,(H,32,34). The molecule has 0 saturated carbocycles. The molecule has 192 valence electrons. The molecule has 37 heavy (non-hydrogen) atoms. The van der Waals surface area contributed by atoms with Crippen LogP contribution in [0.15, 0.2) is 54.6 Å². The molecule has 1 N–H and O–H groups in total. The number of imide groups is 1. The van der Waals surface area contributed by atoms with Crippen molar-refractivity contribution in [2.45, 2.75) is 39.5 Å². The summed E-state index contributed by atoms with van der Waals surface area (Å²) in [7, 11) is 0. The number of halogens is 2. The molecule has 0 spiro atoms. The van der Waals surface area contributed by atoms with Crippen molar-refractivity contribution in [3.63, 3.8) is 0 Å². The molecule has 0 bridgehead atoms. The van der Waals surface area contributed by atoms with Gasteiger partial charge in [0, 0.05) is 0 Å². The Labute approximate surface area is 226 Å². The lowest BCUT2D eigenvalue weighted by atomic mass is 9.92. The Kier molecular flexibility index (Phi) is 7.90. The zero-order valence-electron chi connectivity index (χ0n) is 21.1. The zero-order valence-corrected chi connectivity index (χ0v) is 22.6. The van der Waals surface area contributed by atoms with Crippen LogP contribution >= 0.6 is 23.2 Å². The van der Waals surface area contributed by atoms with Crippen LogP contribution in [0.4, 0.5) is 5.69 Å². The summed E-state index contributed by atoms with van der Waals surface area (Å²) < 4.78 is 5.62. The van der Waals surface area contributed by atoms with Gasteiger partial charge < -0.3 is 10.1 Å². The Morgan fingerprint density at radius 1 is 0.865 bits per heavy atom. The molecule has 0 aromatic heterocycles. The molecule has 0 atom stereocenters. The van der Waals surface area contributed by atoms with Crippen molar-refractivity contribution in [2.75, 3.05) is 18.1 Å². The van der Waals surface area contributed by atoms with Crippen LogP contribution in [-0.2, 0) is 0 Å². The molecule has 3 aromatic rings. The van der Waals surface area contributed by atoms with E-state index in [1.165, 1.54) is 4.90 Å². The first-order chi connectivity index (χ1) is 17.6. The average molecular weight is 539 g/mol. The van der Waals surface area contributed by atoms with Crippen LogP contribution in [0.2, 0.25) is 10.0 Å². The summed E-state index contributed by atoms with van der Waals surface area (Å²) in [6.45, 7) is 8.36. The van der Waals surface area contributed by atoms with Crippen LogP contribution in [0, 0.1) is 0 Å². The van der Waals surface area contributed by atoms with Gasteiger partial charge in [0.2, 0.25) is 0 Å². The number of hydrogen-bond donors (Lipinski definition) is 1. The number of hydrogen-bond acceptors (Lipinski definition) is 4. The third kappa shape index (κ3) is 5.09. The van der Waals surface area contributed by atoms with E-state index < -0.39 is 17.7 Å². The van der Waals surface area contributed by atoms with E-state index >= 15 is 0 Å². The topological polar surface area (TPSA) is 75.7 Å². The average Bonchev–Trinajstić information content (AvgIpc) is 3.12. The molecule has 4 rings (SSSR count). The lowest BCUT2D eigenvalue weighted by molar-refractivity contribution is 0.0908. The molecule has 0 aliphatic carbocycles. The fourth-order valence-electron chi connectivity index (χ4n) is 4.48. The fraction of sp³-hybridized carbons (Fsp3) is 0.276. The Bertz CT molecular complexity index is 1340. The van der Waals surface area contributed by atoms with Gasteiger partial charge in [-0.05, 0) is 47.2 Å². The van der Waals surface area contributed by atoms with Crippen LogP contribution < -0.4 is 15.0 Å². The normalized spacial score (nSPS) is 12.9. The molecule has 1 heterocycles. The monoisotopic (exact) mass is 538 g/mol. The van der Waals surface area contributed by atoms with Crippen LogP contribution in [-0.4, -0.2) is 30.9 Å². The minimum Gasteiger partial charge on any atom is -0.489 e. The van der Waals surface area contributed by atoms with Crippen LogP contribution in [0.1, 0.15) is 81.7 Å². The highest BCUT2D eigenvalue weighted by Gasteiger charge is 2.41. The summed E-state index contributed by atoms with van der Waals surface area (Å²) in [6.07, 6.45) is 0. The molecular weight excluding hydrogens is 511 g/mol. The molecule has 1 aliphatic rings. The SMILES string of the molecule is CC(C)c1cccc(C(C)C)c1N1C(=O)c2cccc(C(=O)NCCOc3c(Cl)cccc3Cl)c2C1=O. The number of ether oxygens (including phenoxy) is 1. The van der Waals surface area contributed by atoms with Crippen molar-refractivity contribution in [3.05, 3.63) is 92.5 Å². The van der Waals surface area contributed by atoms with Gasteiger partial charge in [-0.2, -0.15) is 0 Å². The molecule has 0 radical (unpaired) electrons. The van der Waals surface area contributed by atoms with Crippen LogP contribution in [0.3, 0.4) is 0 Å². The van der Waals surface area contributed by atoms with Gasteiger partial charge in [0.05, 0.1) is 39.0 Å². The molecule has 8 heteroatoms. The molecule has 0 saturated heterocycles. The van der Waals surface area contributed by atoms with Gasteiger partial charge in [-0.15, -0.1) is 0 Å². The maximum Gasteiger partial charge on any atom is 0.266 e. The number of fused-ring (bicyclic) bond motifs is 1. The largest absolute Gasteiger partial charge is 0.489 e. The molecular formula is C29H28Cl2N2O4. The predicted molar refractivity (Wildman–Crippen MR) is 146 cm³/mol. The molecule has 3 amide bonds. The Balaban J connectivity index is 1.59. The minimum atomic E-state index is -0.500. The number of carbonyl (C=O) groups excluding carboxylic acids is 3. The number of nitrogens with zero attached hydrogens (tertiary/aromatic N) is 1. The maximum absolute atomic E-state index is 13.7. The minimum absolute atomic E-state index is 0.0902. The first-order valence-electron chi connectivity index (χ1n) is 12.1. The van der Waals surface area contributed by atoms with Gasteiger partial charge in [0.1, 0.15) is 6.61 Å². The molecule has 1 aliphatic heterocycles. The second-order valence-electron chi connectivity index (χ2n) is 9.42. The number of benzene rings is 3. The number of nitrogens with one attached hydrogen (secondary N) is 1. The number of rotatable bonds is 8. The third-order valence-electron chi connectivity index (χ3n) is 6.28. The summed E-state index contributed by atoms with van der Waals surface area (Å²) in [5.74, 6) is -0.891. The van der Waals surface area contributed by atoms with E-state index in [2.05, 4.69) is 5.32 Å². The van der Waals surface area contributed by atoms with E-state index in [0.29, 0.717) is 21.5 Å². The second-order valence-corrected chi connectivity index (χ2v) is 10.2. The zero-order chi connectivity index (χ0) is 26.9. The van der Waals surface area contributed by atoms with Crippen LogP contribution in [0.5, 0.6) is 5.75 Å². The van der Waals surface area contributed by atoms with E-state index in [-0.39, 0.29) is 41.7 Å².